The minimum Gasteiger partial charge on any atom is -0.310 e. The van der Waals surface area contributed by atoms with Crippen LogP contribution >= 0.6 is 0 Å². The van der Waals surface area contributed by atoms with Gasteiger partial charge in [-0.05, 0) is 49.9 Å². The molecule has 0 radical (unpaired) electrons. The fraction of sp³-hybridized carbons (Fsp3) is 0.625. The number of sulfonamides is 1. The summed E-state index contributed by atoms with van der Waals surface area (Å²) in [7, 11) is -3.38. The van der Waals surface area contributed by atoms with Crippen molar-refractivity contribution in [1.82, 2.24) is 10.0 Å². The topological polar surface area (TPSA) is 58.2 Å². The van der Waals surface area contributed by atoms with Crippen molar-refractivity contribution < 1.29 is 8.42 Å². The zero-order valence-corrected chi connectivity index (χ0v) is 14.3. The molecule has 120 valence electrons. The Kier molecular flexibility index (Phi) is 7.35. The van der Waals surface area contributed by atoms with Crippen molar-refractivity contribution >= 4 is 10.0 Å². The van der Waals surface area contributed by atoms with Crippen LogP contribution in [-0.2, 0) is 10.0 Å². The van der Waals surface area contributed by atoms with Crippen molar-refractivity contribution in [2.45, 2.75) is 51.5 Å². The van der Waals surface area contributed by atoms with E-state index in [4.69, 9.17) is 0 Å². The van der Waals surface area contributed by atoms with Gasteiger partial charge in [0.15, 0.2) is 0 Å². The highest BCUT2D eigenvalue weighted by Gasteiger charge is 2.14. The molecule has 1 rings (SSSR count). The summed E-state index contributed by atoms with van der Waals surface area (Å²) >= 11 is 0. The Morgan fingerprint density at radius 3 is 2.24 bits per heavy atom. The molecule has 0 fully saturated rings. The molecule has 4 nitrogen and oxygen atoms in total. The molecule has 0 saturated carbocycles. The average molecular weight is 312 g/mol. The molecule has 1 aromatic rings. The summed E-state index contributed by atoms with van der Waals surface area (Å²) in [5.74, 6) is 0.598. The van der Waals surface area contributed by atoms with Crippen LogP contribution in [-0.4, -0.2) is 21.5 Å². The molecule has 0 aliphatic heterocycles. The van der Waals surface area contributed by atoms with E-state index in [0.717, 1.165) is 24.9 Å². The monoisotopic (exact) mass is 312 g/mol. The highest BCUT2D eigenvalue weighted by Crippen LogP contribution is 2.16. The highest BCUT2D eigenvalue weighted by atomic mass is 32.2. The molecule has 0 aliphatic carbocycles. The van der Waals surface area contributed by atoms with E-state index in [-0.39, 0.29) is 6.04 Å². The number of benzene rings is 1. The molecule has 5 heteroatoms. The number of hydrogen-bond acceptors (Lipinski definition) is 3. The lowest BCUT2D eigenvalue weighted by molar-refractivity contribution is 0.540. The molecule has 0 amide bonds. The van der Waals surface area contributed by atoms with E-state index in [1.165, 1.54) is 0 Å². The first-order chi connectivity index (χ1) is 9.86. The second-order valence-electron chi connectivity index (χ2n) is 5.78. The maximum Gasteiger partial charge on any atom is 0.240 e. The maximum absolute atomic E-state index is 12.2. The molecule has 0 saturated heterocycles. The Hall–Kier alpha value is -0.910. The van der Waals surface area contributed by atoms with Gasteiger partial charge in [0.25, 0.3) is 0 Å². The van der Waals surface area contributed by atoms with E-state index in [2.05, 4.69) is 37.7 Å². The van der Waals surface area contributed by atoms with Crippen molar-refractivity contribution in [3.05, 3.63) is 29.8 Å². The molecule has 0 aliphatic rings. The third-order valence-corrected chi connectivity index (χ3v) is 4.93. The smallest absolute Gasteiger partial charge is 0.240 e. The lowest BCUT2D eigenvalue weighted by atomic mass is 10.1. The molecule has 0 spiro atoms. The first-order valence-corrected chi connectivity index (χ1v) is 9.18. The van der Waals surface area contributed by atoms with Gasteiger partial charge in [-0.2, -0.15) is 0 Å². The third-order valence-electron chi connectivity index (χ3n) is 3.45. The van der Waals surface area contributed by atoms with Gasteiger partial charge >= 0.3 is 0 Å². The van der Waals surface area contributed by atoms with Gasteiger partial charge in [0, 0.05) is 12.6 Å². The molecular formula is C16H28N2O2S. The summed E-state index contributed by atoms with van der Waals surface area (Å²) in [5.41, 5.74) is 1.09. The molecule has 2 N–H and O–H groups in total. The van der Waals surface area contributed by atoms with Crippen LogP contribution in [0.1, 0.15) is 52.1 Å². The van der Waals surface area contributed by atoms with Gasteiger partial charge in [-0.15, -0.1) is 0 Å². The van der Waals surface area contributed by atoms with Crippen LogP contribution in [0.15, 0.2) is 29.2 Å². The van der Waals surface area contributed by atoms with Gasteiger partial charge in [-0.25, -0.2) is 13.1 Å². The summed E-state index contributed by atoms with van der Waals surface area (Å²) in [6.07, 6.45) is 1.90. The van der Waals surface area contributed by atoms with E-state index in [1.54, 1.807) is 12.1 Å². The first-order valence-electron chi connectivity index (χ1n) is 7.69. The van der Waals surface area contributed by atoms with Gasteiger partial charge in [-0.1, -0.05) is 32.9 Å². The van der Waals surface area contributed by atoms with Crippen LogP contribution in [0.4, 0.5) is 0 Å². The summed E-state index contributed by atoms with van der Waals surface area (Å²) in [6.45, 7) is 9.78. The van der Waals surface area contributed by atoms with E-state index >= 15 is 0 Å². The van der Waals surface area contributed by atoms with Gasteiger partial charge in [0.2, 0.25) is 10.0 Å². The minimum atomic E-state index is -3.38. The van der Waals surface area contributed by atoms with Gasteiger partial charge in [0.1, 0.15) is 0 Å². The largest absolute Gasteiger partial charge is 0.310 e. The third kappa shape index (κ3) is 6.16. The summed E-state index contributed by atoms with van der Waals surface area (Å²) < 4.78 is 27.0. The van der Waals surface area contributed by atoms with Gasteiger partial charge in [0.05, 0.1) is 4.90 Å². The van der Waals surface area contributed by atoms with Crippen LogP contribution in [0.2, 0.25) is 0 Å². The highest BCUT2D eigenvalue weighted by molar-refractivity contribution is 7.89. The summed E-state index contributed by atoms with van der Waals surface area (Å²) in [4.78, 5) is 0.333. The quantitative estimate of drug-likeness (QED) is 0.689. The van der Waals surface area contributed by atoms with E-state index in [0.29, 0.717) is 17.4 Å². The van der Waals surface area contributed by atoms with E-state index in [1.807, 2.05) is 12.1 Å². The fourth-order valence-electron chi connectivity index (χ4n) is 2.16. The van der Waals surface area contributed by atoms with Crippen molar-refractivity contribution in [2.24, 2.45) is 5.92 Å². The minimum absolute atomic E-state index is 0.228. The Balaban J connectivity index is 2.63. The van der Waals surface area contributed by atoms with Crippen LogP contribution in [0, 0.1) is 5.92 Å². The molecule has 0 aromatic heterocycles. The Labute approximate surface area is 129 Å². The lowest BCUT2D eigenvalue weighted by Crippen LogP contribution is -2.25. The molecule has 0 bridgehead atoms. The van der Waals surface area contributed by atoms with Gasteiger partial charge in [-0.3, -0.25) is 0 Å². The molecule has 21 heavy (non-hydrogen) atoms. The Morgan fingerprint density at radius 2 is 1.71 bits per heavy atom. The standard InChI is InChI=1S/C16H28N2O2S/c1-5-17-14(4)15-8-10-16(11-9-15)21(19,20)18-12-6-7-13(2)3/h8-11,13-14,17-18H,5-7,12H2,1-4H3. The zero-order valence-electron chi connectivity index (χ0n) is 13.5. The van der Waals surface area contributed by atoms with E-state index < -0.39 is 10.0 Å². The van der Waals surface area contributed by atoms with Crippen LogP contribution in [0.3, 0.4) is 0 Å². The van der Waals surface area contributed by atoms with Gasteiger partial charge < -0.3 is 5.32 Å². The van der Waals surface area contributed by atoms with E-state index in [9.17, 15) is 8.42 Å². The Bertz CT molecular complexity index is 510. The van der Waals surface area contributed by atoms with Crippen molar-refractivity contribution in [3.63, 3.8) is 0 Å². The second kappa shape index (κ2) is 8.51. The second-order valence-corrected chi connectivity index (χ2v) is 7.55. The fourth-order valence-corrected chi connectivity index (χ4v) is 3.23. The summed E-state index contributed by atoms with van der Waals surface area (Å²) in [5, 5.41) is 3.31. The SMILES string of the molecule is CCNC(C)c1ccc(S(=O)(=O)NCCCC(C)C)cc1. The predicted octanol–water partition coefficient (Wildman–Crippen LogP) is 3.07. The molecular weight excluding hydrogens is 284 g/mol. The molecule has 0 heterocycles. The Morgan fingerprint density at radius 1 is 1.10 bits per heavy atom. The molecule has 1 atom stereocenters. The number of nitrogens with one attached hydrogen (secondary N) is 2. The number of hydrogen-bond donors (Lipinski definition) is 2. The summed E-state index contributed by atoms with van der Waals surface area (Å²) in [6, 6.07) is 7.32. The van der Waals surface area contributed by atoms with Crippen molar-refractivity contribution in [2.75, 3.05) is 13.1 Å². The molecule has 1 aromatic carbocycles. The van der Waals surface area contributed by atoms with Crippen LogP contribution in [0.25, 0.3) is 0 Å². The zero-order chi connectivity index (χ0) is 15.9. The van der Waals surface area contributed by atoms with Crippen molar-refractivity contribution in [3.8, 4) is 0 Å². The predicted molar refractivity (Wildman–Crippen MR) is 87.8 cm³/mol. The normalized spacial score (nSPS) is 13.6. The maximum atomic E-state index is 12.2. The van der Waals surface area contributed by atoms with Crippen molar-refractivity contribution in [1.29, 1.82) is 0 Å². The lowest BCUT2D eigenvalue weighted by Gasteiger charge is -2.13. The number of rotatable bonds is 9. The average Bonchev–Trinajstić information content (AvgIpc) is 2.44. The molecule has 1 unspecified atom stereocenters. The van der Waals surface area contributed by atoms with Crippen LogP contribution < -0.4 is 10.0 Å². The van der Waals surface area contributed by atoms with Crippen LogP contribution in [0.5, 0.6) is 0 Å². The first kappa shape index (κ1) is 18.1.